The number of rotatable bonds is 5. The van der Waals surface area contributed by atoms with Crippen LogP contribution in [0.5, 0.6) is 5.75 Å². The molecule has 1 amide bonds. The summed E-state index contributed by atoms with van der Waals surface area (Å²) >= 11 is 5.92. The van der Waals surface area contributed by atoms with Gasteiger partial charge in [0.2, 0.25) is 5.56 Å². The average molecular weight is 516 g/mol. The van der Waals surface area contributed by atoms with Crippen molar-refractivity contribution in [2.75, 3.05) is 0 Å². The highest BCUT2D eigenvalue weighted by atomic mass is 35.5. The average Bonchev–Trinajstić information content (AvgIpc) is 2.86. The van der Waals surface area contributed by atoms with Gasteiger partial charge in [0.25, 0.3) is 5.91 Å². The van der Waals surface area contributed by atoms with Crippen LogP contribution in [-0.2, 0) is 0 Å². The van der Waals surface area contributed by atoms with Crippen LogP contribution >= 0.6 is 11.6 Å². The van der Waals surface area contributed by atoms with Crippen molar-refractivity contribution in [3.63, 3.8) is 0 Å². The third-order valence-electron chi connectivity index (χ3n) is 6.18. The normalized spacial score (nSPS) is 12.1. The lowest BCUT2D eigenvalue weighted by Gasteiger charge is -2.19. The second kappa shape index (κ2) is 9.22. The fourth-order valence-electron chi connectivity index (χ4n) is 4.39. The number of aromatic amines is 1. The van der Waals surface area contributed by atoms with Gasteiger partial charge in [-0.25, -0.2) is 4.98 Å². The molecule has 0 spiro atoms. The fourth-order valence-corrected chi connectivity index (χ4v) is 4.54. The van der Waals surface area contributed by atoms with Crippen LogP contribution in [0, 0.1) is 13.8 Å². The highest BCUT2D eigenvalue weighted by molar-refractivity contribution is 6.29. The molecule has 0 aliphatic heterocycles. The van der Waals surface area contributed by atoms with Gasteiger partial charge in [0.15, 0.2) is 16.9 Å². The van der Waals surface area contributed by atoms with E-state index in [0.29, 0.717) is 38.9 Å². The summed E-state index contributed by atoms with van der Waals surface area (Å²) in [5.41, 5.74) is 8.66. The van der Waals surface area contributed by atoms with E-state index in [1.54, 1.807) is 38.1 Å². The lowest BCUT2D eigenvalue weighted by molar-refractivity contribution is 0.0988. The Balaban J connectivity index is 1.67. The molecule has 9 heteroatoms. The highest BCUT2D eigenvalue weighted by Crippen LogP contribution is 2.34. The number of carbonyl (C=O) groups is 1. The van der Waals surface area contributed by atoms with Crippen LogP contribution in [-0.4, -0.2) is 15.9 Å². The van der Waals surface area contributed by atoms with E-state index in [1.807, 2.05) is 19.1 Å². The van der Waals surface area contributed by atoms with Gasteiger partial charge in [0.1, 0.15) is 22.6 Å². The van der Waals surface area contributed by atoms with Gasteiger partial charge in [0.05, 0.1) is 5.39 Å². The van der Waals surface area contributed by atoms with Gasteiger partial charge < -0.3 is 19.9 Å². The number of ether oxygens (including phenoxy) is 1. The van der Waals surface area contributed by atoms with Gasteiger partial charge in [-0.3, -0.25) is 14.4 Å². The zero-order valence-electron chi connectivity index (χ0n) is 20.2. The maximum atomic E-state index is 13.5. The summed E-state index contributed by atoms with van der Waals surface area (Å²) in [4.78, 5) is 43.8. The molecule has 0 aliphatic rings. The van der Waals surface area contributed by atoms with Crippen molar-refractivity contribution in [2.24, 2.45) is 5.73 Å². The predicted octanol–water partition coefficient (Wildman–Crippen LogP) is 5.21. The maximum absolute atomic E-state index is 13.5. The number of nitrogens with two attached hydrogens (primary N) is 1. The standard InChI is InChI=1S/C28H22ClN3O5/c1-13-10-18(15(3)36-21-7-8-22(29)32-24(21)28(30)35)27-19(11-13)25(34)14(2)26(37-27)17-4-6-20-16(12-17)5-9-23(33)31-20/h4-12,15H,1-3H3,(H2,30,35)(H,31,33)/t15-/m1/s1. The smallest absolute Gasteiger partial charge is 0.271 e. The molecule has 186 valence electrons. The number of aromatic nitrogens is 2. The molecule has 0 unspecified atom stereocenters. The molecule has 0 saturated carbocycles. The summed E-state index contributed by atoms with van der Waals surface area (Å²) in [7, 11) is 0. The van der Waals surface area contributed by atoms with Crippen molar-refractivity contribution >= 4 is 39.4 Å². The molecule has 8 nitrogen and oxygen atoms in total. The Morgan fingerprint density at radius 3 is 2.62 bits per heavy atom. The minimum Gasteiger partial charge on any atom is -0.483 e. The zero-order chi connectivity index (χ0) is 26.4. The van der Waals surface area contributed by atoms with Gasteiger partial charge in [-0.1, -0.05) is 11.6 Å². The number of H-pyrrole nitrogens is 1. The Hall–Kier alpha value is -4.43. The van der Waals surface area contributed by atoms with Crippen LogP contribution in [0.2, 0.25) is 5.15 Å². The van der Waals surface area contributed by atoms with Gasteiger partial charge >= 0.3 is 0 Å². The number of primary amides is 1. The molecule has 5 aromatic rings. The minimum atomic E-state index is -0.777. The number of aryl methyl sites for hydroxylation is 1. The number of hydrogen-bond donors (Lipinski definition) is 2. The van der Waals surface area contributed by atoms with Crippen LogP contribution in [0.25, 0.3) is 33.2 Å². The number of nitrogens with zero attached hydrogens (tertiary/aromatic N) is 1. The van der Waals surface area contributed by atoms with Crippen molar-refractivity contribution in [2.45, 2.75) is 26.9 Å². The molecule has 3 aromatic heterocycles. The lowest BCUT2D eigenvalue weighted by atomic mass is 9.99. The van der Waals surface area contributed by atoms with E-state index >= 15 is 0 Å². The lowest BCUT2D eigenvalue weighted by Crippen LogP contribution is -2.17. The quantitative estimate of drug-likeness (QED) is 0.309. The largest absolute Gasteiger partial charge is 0.483 e. The summed E-state index contributed by atoms with van der Waals surface area (Å²) in [6, 6.07) is 15.3. The Morgan fingerprint density at radius 2 is 1.86 bits per heavy atom. The van der Waals surface area contributed by atoms with Gasteiger partial charge in [0, 0.05) is 28.3 Å². The summed E-state index contributed by atoms with van der Waals surface area (Å²) in [5.74, 6) is -0.202. The van der Waals surface area contributed by atoms with Gasteiger partial charge in [-0.15, -0.1) is 0 Å². The Morgan fingerprint density at radius 1 is 1.08 bits per heavy atom. The molecule has 5 rings (SSSR count). The Bertz CT molecular complexity index is 1840. The molecule has 1 atom stereocenters. The van der Waals surface area contributed by atoms with E-state index in [4.69, 9.17) is 26.5 Å². The van der Waals surface area contributed by atoms with Crippen molar-refractivity contribution < 1.29 is 13.9 Å². The van der Waals surface area contributed by atoms with E-state index in [1.165, 1.54) is 18.2 Å². The van der Waals surface area contributed by atoms with Gasteiger partial charge in [-0.2, -0.15) is 0 Å². The van der Waals surface area contributed by atoms with E-state index < -0.39 is 12.0 Å². The number of amides is 1. The number of fused-ring (bicyclic) bond motifs is 2. The monoisotopic (exact) mass is 515 g/mol. The molecule has 3 heterocycles. The van der Waals surface area contributed by atoms with E-state index in [2.05, 4.69) is 9.97 Å². The van der Waals surface area contributed by atoms with Crippen molar-refractivity contribution in [3.05, 3.63) is 103 Å². The molecule has 0 bridgehead atoms. The number of hydrogen-bond acceptors (Lipinski definition) is 6. The molecule has 2 aromatic carbocycles. The minimum absolute atomic E-state index is 0.0940. The van der Waals surface area contributed by atoms with E-state index in [9.17, 15) is 14.4 Å². The highest BCUT2D eigenvalue weighted by Gasteiger charge is 2.22. The third-order valence-corrected chi connectivity index (χ3v) is 6.39. The first-order chi connectivity index (χ1) is 17.6. The SMILES string of the molecule is Cc1cc([C@@H](C)Oc2ccc(Cl)nc2C(N)=O)c2oc(-c3ccc4[nH]c(=O)ccc4c3)c(C)c(=O)c2c1. The molecular formula is C28H22ClN3O5. The predicted molar refractivity (Wildman–Crippen MR) is 142 cm³/mol. The van der Waals surface area contributed by atoms with Crippen LogP contribution in [0.4, 0.5) is 0 Å². The molecule has 0 saturated heterocycles. The summed E-state index contributed by atoms with van der Waals surface area (Å²) in [5, 5.41) is 1.33. The van der Waals surface area contributed by atoms with Crippen molar-refractivity contribution in [1.82, 2.24) is 9.97 Å². The van der Waals surface area contributed by atoms with Crippen molar-refractivity contribution in [3.8, 4) is 17.1 Å². The van der Waals surface area contributed by atoms with Gasteiger partial charge in [-0.05, 0) is 80.3 Å². The second-order valence-electron chi connectivity index (χ2n) is 8.85. The summed E-state index contributed by atoms with van der Waals surface area (Å²) in [6.07, 6.45) is -0.635. The number of benzene rings is 2. The first kappa shape index (κ1) is 24.3. The number of pyridine rings is 2. The topological polar surface area (TPSA) is 128 Å². The molecule has 0 fully saturated rings. The van der Waals surface area contributed by atoms with Crippen LogP contribution in [0.3, 0.4) is 0 Å². The zero-order valence-corrected chi connectivity index (χ0v) is 21.0. The van der Waals surface area contributed by atoms with Crippen LogP contribution in [0.1, 0.15) is 40.2 Å². The Kier molecular flexibility index (Phi) is 6.05. The molecule has 0 radical (unpaired) electrons. The fraction of sp³-hybridized carbons (Fsp3) is 0.143. The Labute approximate surface area is 215 Å². The second-order valence-corrected chi connectivity index (χ2v) is 9.23. The first-order valence-electron chi connectivity index (χ1n) is 11.5. The summed E-state index contributed by atoms with van der Waals surface area (Å²) < 4.78 is 12.5. The van der Waals surface area contributed by atoms with Crippen LogP contribution < -0.4 is 21.5 Å². The van der Waals surface area contributed by atoms with Crippen LogP contribution in [0.15, 0.2) is 68.6 Å². The number of carbonyl (C=O) groups excluding carboxylic acids is 1. The number of halogens is 1. The first-order valence-corrected chi connectivity index (χ1v) is 11.8. The molecule has 0 aliphatic carbocycles. The molecular weight excluding hydrogens is 494 g/mol. The maximum Gasteiger partial charge on any atom is 0.271 e. The van der Waals surface area contributed by atoms with E-state index in [-0.39, 0.29) is 27.6 Å². The van der Waals surface area contributed by atoms with E-state index in [0.717, 1.165) is 10.9 Å². The molecule has 37 heavy (non-hydrogen) atoms. The summed E-state index contributed by atoms with van der Waals surface area (Å²) in [6.45, 7) is 5.37. The molecule has 3 N–H and O–H groups in total. The number of nitrogens with one attached hydrogen (secondary N) is 1. The third kappa shape index (κ3) is 4.47. The van der Waals surface area contributed by atoms with Crippen molar-refractivity contribution in [1.29, 1.82) is 0 Å².